The van der Waals surface area contributed by atoms with E-state index < -0.39 is 5.60 Å². The highest BCUT2D eigenvalue weighted by atomic mass is 16.6. The van der Waals surface area contributed by atoms with Crippen molar-refractivity contribution in [2.45, 2.75) is 77.1 Å². The number of carbonyl (C=O) groups is 1. The summed E-state index contributed by atoms with van der Waals surface area (Å²) in [7, 11) is 0. The molecule has 1 unspecified atom stereocenters. The predicted octanol–water partition coefficient (Wildman–Crippen LogP) is 4.25. The Bertz CT molecular complexity index is 699. The number of nitro benzene ring substituents is 1. The van der Waals surface area contributed by atoms with E-state index in [1.54, 1.807) is 12.1 Å². The van der Waals surface area contributed by atoms with Gasteiger partial charge in [0.25, 0.3) is 5.69 Å². The number of fused-ring (bicyclic) bond motifs is 2. The van der Waals surface area contributed by atoms with E-state index in [2.05, 4.69) is 5.32 Å². The van der Waals surface area contributed by atoms with Gasteiger partial charge >= 0.3 is 6.09 Å². The number of aryl methyl sites for hydroxylation is 1. The molecule has 2 aliphatic rings. The van der Waals surface area contributed by atoms with Crippen LogP contribution in [0.25, 0.3) is 0 Å². The molecule has 7 heteroatoms. The maximum absolute atomic E-state index is 12.5. The first-order valence-electron chi connectivity index (χ1n) is 9.17. The third-order valence-electron chi connectivity index (χ3n) is 5.12. The molecular formula is C19H27N3O4. The van der Waals surface area contributed by atoms with Gasteiger partial charge in [-0.2, -0.15) is 0 Å². The minimum Gasteiger partial charge on any atom is -0.444 e. The Kier molecular flexibility index (Phi) is 4.82. The largest absolute Gasteiger partial charge is 0.444 e. The molecule has 2 saturated heterocycles. The van der Waals surface area contributed by atoms with Crippen molar-refractivity contribution in [3.8, 4) is 0 Å². The Balaban J connectivity index is 1.66. The zero-order valence-corrected chi connectivity index (χ0v) is 15.8. The number of anilines is 1. The van der Waals surface area contributed by atoms with Crippen LogP contribution < -0.4 is 5.32 Å². The van der Waals surface area contributed by atoms with Crippen LogP contribution in [-0.2, 0) is 4.74 Å². The highest BCUT2D eigenvalue weighted by Gasteiger charge is 2.44. The highest BCUT2D eigenvalue weighted by Crippen LogP contribution is 2.38. The van der Waals surface area contributed by atoms with Crippen LogP contribution in [0.2, 0.25) is 0 Å². The fraction of sp³-hybridized carbons (Fsp3) is 0.632. The van der Waals surface area contributed by atoms with Crippen molar-refractivity contribution in [3.63, 3.8) is 0 Å². The van der Waals surface area contributed by atoms with Crippen LogP contribution in [0.4, 0.5) is 16.2 Å². The second kappa shape index (κ2) is 6.78. The summed E-state index contributed by atoms with van der Waals surface area (Å²) < 4.78 is 5.57. The summed E-state index contributed by atoms with van der Waals surface area (Å²) in [5.74, 6) is 0. The van der Waals surface area contributed by atoms with Crippen molar-refractivity contribution >= 4 is 17.5 Å². The van der Waals surface area contributed by atoms with E-state index in [4.69, 9.17) is 4.74 Å². The SMILES string of the molecule is Cc1cc([N+](=O)[O-])ccc1NC1C[C@H]2CC[C@@H](C1)N2C(=O)OC(C)(C)C. The molecule has 7 nitrogen and oxygen atoms in total. The average Bonchev–Trinajstić information content (AvgIpc) is 2.79. The molecule has 3 atom stereocenters. The van der Waals surface area contributed by atoms with E-state index >= 15 is 0 Å². The first-order chi connectivity index (χ1) is 12.1. The lowest BCUT2D eigenvalue weighted by Gasteiger charge is -2.40. The van der Waals surface area contributed by atoms with Gasteiger partial charge in [-0.25, -0.2) is 4.79 Å². The van der Waals surface area contributed by atoms with Crippen molar-refractivity contribution in [2.75, 3.05) is 5.32 Å². The fourth-order valence-electron chi connectivity index (χ4n) is 4.05. The third-order valence-corrected chi connectivity index (χ3v) is 5.12. The van der Waals surface area contributed by atoms with Crippen LogP contribution in [-0.4, -0.2) is 39.6 Å². The van der Waals surface area contributed by atoms with Gasteiger partial charge in [0.2, 0.25) is 0 Å². The minimum atomic E-state index is -0.485. The van der Waals surface area contributed by atoms with Gasteiger partial charge in [0, 0.05) is 35.9 Å². The van der Waals surface area contributed by atoms with Crippen molar-refractivity contribution in [2.24, 2.45) is 0 Å². The number of nitrogens with zero attached hydrogens (tertiary/aromatic N) is 2. The Morgan fingerprint density at radius 1 is 1.27 bits per heavy atom. The quantitative estimate of drug-likeness (QED) is 0.643. The molecular weight excluding hydrogens is 334 g/mol. The van der Waals surface area contributed by atoms with Crippen molar-refractivity contribution in [1.29, 1.82) is 0 Å². The standard InChI is InChI=1S/C19H27N3O4/c1-12-9-16(22(24)25)7-8-17(12)20-13-10-14-5-6-15(11-13)21(14)18(23)26-19(2,3)4/h7-9,13-15,20H,5-6,10-11H2,1-4H3/t13?,14-,15+. The number of ether oxygens (including phenoxy) is 1. The molecule has 2 bridgehead atoms. The smallest absolute Gasteiger partial charge is 0.410 e. The van der Waals surface area contributed by atoms with E-state index in [-0.39, 0.29) is 34.8 Å². The highest BCUT2D eigenvalue weighted by molar-refractivity contribution is 5.70. The van der Waals surface area contributed by atoms with Crippen molar-refractivity contribution in [3.05, 3.63) is 33.9 Å². The molecule has 2 fully saturated rings. The van der Waals surface area contributed by atoms with E-state index in [0.29, 0.717) is 0 Å². The molecule has 1 N–H and O–H groups in total. The summed E-state index contributed by atoms with van der Waals surface area (Å²) >= 11 is 0. The van der Waals surface area contributed by atoms with Gasteiger partial charge in [-0.15, -0.1) is 0 Å². The van der Waals surface area contributed by atoms with Gasteiger partial charge < -0.3 is 15.0 Å². The number of nitro groups is 1. The number of hydrogen-bond donors (Lipinski definition) is 1. The number of rotatable bonds is 3. The van der Waals surface area contributed by atoms with Gasteiger partial charge in [0.1, 0.15) is 5.60 Å². The van der Waals surface area contributed by atoms with Gasteiger partial charge in [-0.05, 0) is 65.0 Å². The van der Waals surface area contributed by atoms with Crippen LogP contribution in [0.1, 0.15) is 52.0 Å². The molecule has 0 spiro atoms. The van der Waals surface area contributed by atoms with E-state index in [0.717, 1.165) is 36.9 Å². The van der Waals surface area contributed by atoms with Crippen molar-refractivity contribution in [1.82, 2.24) is 4.90 Å². The normalized spacial score (nSPS) is 25.1. The minimum absolute atomic E-state index is 0.105. The Morgan fingerprint density at radius 2 is 1.88 bits per heavy atom. The lowest BCUT2D eigenvalue weighted by atomic mass is 9.97. The summed E-state index contributed by atoms with van der Waals surface area (Å²) in [6.45, 7) is 7.54. The first-order valence-corrected chi connectivity index (χ1v) is 9.17. The van der Waals surface area contributed by atoms with Gasteiger partial charge in [-0.1, -0.05) is 0 Å². The molecule has 2 heterocycles. The Labute approximate surface area is 153 Å². The summed E-state index contributed by atoms with van der Waals surface area (Å²) in [6.07, 6.45) is 3.52. The number of benzene rings is 1. The topological polar surface area (TPSA) is 84.7 Å². The number of carbonyl (C=O) groups excluding carboxylic acids is 1. The summed E-state index contributed by atoms with van der Waals surface area (Å²) in [6, 6.07) is 5.53. The molecule has 142 valence electrons. The maximum Gasteiger partial charge on any atom is 0.410 e. The van der Waals surface area contributed by atoms with E-state index in [1.807, 2.05) is 32.6 Å². The number of amides is 1. The van der Waals surface area contributed by atoms with Crippen LogP contribution >= 0.6 is 0 Å². The molecule has 0 radical (unpaired) electrons. The molecule has 0 aromatic heterocycles. The predicted molar refractivity (Wildman–Crippen MR) is 99.4 cm³/mol. The summed E-state index contributed by atoms with van der Waals surface area (Å²) in [4.78, 5) is 24.9. The molecule has 3 rings (SSSR count). The van der Waals surface area contributed by atoms with E-state index in [9.17, 15) is 14.9 Å². The number of non-ortho nitro benzene ring substituents is 1. The zero-order valence-electron chi connectivity index (χ0n) is 15.8. The number of nitrogens with one attached hydrogen (secondary N) is 1. The molecule has 26 heavy (non-hydrogen) atoms. The number of hydrogen-bond acceptors (Lipinski definition) is 5. The monoisotopic (exact) mass is 361 g/mol. The second-order valence-corrected chi connectivity index (χ2v) is 8.34. The van der Waals surface area contributed by atoms with Crippen LogP contribution in [0.5, 0.6) is 0 Å². The molecule has 1 amide bonds. The first kappa shape index (κ1) is 18.5. The van der Waals surface area contributed by atoms with Gasteiger partial charge in [0.05, 0.1) is 4.92 Å². The van der Waals surface area contributed by atoms with Crippen LogP contribution in [0.3, 0.4) is 0 Å². The zero-order chi connectivity index (χ0) is 19.1. The summed E-state index contributed by atoms with van der Waals surface area (Å²) in [5.41, 5.74) is 1.40. The van der Waals surface area contributed by atoms with Crippen LogP contribution in [0.15, 0.2) is 18.2 Å². The average molecular weight is 361 g/mol. The van der Waals surface area contributed by atoms with Crippen molar-refractivity contribution < 1.29 is 14.5 Å². The van der Waals surface area contributed by atoms with Gasteiger partial charge in [-0.3, -0.25) is 10.1 Å². The lowest BCUT2D eigenvalue weighted by molar-refractivity contribution is -0.384. The van der Waals surface area contributed by atoms with Gasteiger partial charge in [0.15, 0.2) is 0 Å². The Morgan fingerprint density at radius 3 is 2.38 bits per heavy atom. The molecule has 1 aromatic carbocycles. The van der Waals surface area contributed by atoms with E-state index in [1.165, 1.54) is 6.07 Å². The molecule has 2 aliphatic heterocycles. The third kappa shape index (κ3) is 3.92. The number of piperidine rings is 1. The Hall–Kier alpha value is -2.31. The summed E-state index contributed by atoms with van der Waals surface area (Å²) in [5, 5.41) is 14.4. The molecule has 1 aromatic rings. The second-order valence-electron chi connectivity index (χ2n) is 8.34. The lowest BCUT2D eigenvalue weighted by Crippen LogP contribution is -2.51. The molecule has 0 aliphatic carbocycles. The molecule has 0 saturated carbocycles. The maximum atomic E-state index is 12.5. The fourth-order valence-corrected chi connectivity index (χ4v) is 4.05. The van der Waals surface area contributed by atoms with Crippen LogP contribution in [0, 0.1) is 17.0 Å².